The molecule has 11 heteroatoms. The Hall–Kier alpha value is -3.23. The Bertz CT molecular complexity index is 1340. The molecular formula is C26H26F5N3O3. The zero-order valence-corrected chi connectivity index (χ0v) is 20.1. The lowest BCUT2D eigenvalue weighted by Crippen LogP contribution is -2.52. The van der Waals surface area contributed by atoms with Crippen LogP contribution in [-0.2, 0) is 4.79 Å². The van der Waals surface area contributed by atoms with Crippen molar-refractivity contribution < 1.29 is 36.3 Å². The zero-order valence-electron chi connectivity index (χ0n) is 20.1. The van der Waals surface area contributed by atoms with Crippen LogP contribution in [0.15, 0.2) is 40.8 Å². The second kappa shape index (κ2) is 9.91. The van der Waals surface area contributed by atoms with Gasteiger partial charge in [-0.25, -0.2) is 8.78 Å². The number of hydrogen-bond donors (Lipinski definition) is 3. The number of nitrogens with zero attached hydrogens (tertiary/aromatic N) is 1. The molecule has 0 aliphatic heterocycles. The van der Waals surface area contributed by atoms with E-state index in [2.05, 4.69) is 10.6 Å². The molecule has 2 aromatic carbocycles. The Balaban J connectivity index is 1.68. The fourth-order valence-corrected chi connectivity index (χ4v) is 4.34. The molecule has 1 unspecified atom stereocenters. The monoisotopic (exact) mass is 523 g/mol. The highest BCUT2D eigenvalue weighted by Gasteiger charge is 2.47. The van der Waals surface area contributed by atoms with Gasteiger partial charge in [-0.1, -0.05) is 32.0 Å². The standard InChI is InChI=1S/C26H26F5N3O3/c1-13(2)9-18(24(36)34-25(12-32)7-8-25)33-22(26(29,30)31)15-3-5-16-17-10-14(21(35)23(27)28)4-6-19(17)37-20(16)11-15/h3-6,10-11,13,18,21-23,33,35H,7-9H2,1-2H3,(H,34,36)/t18-,21?,22-/m0/s1. The van der Waals surface area contributed by atoms with E-state index in [0.29, 0.717) is 23.6 Å². The number of amides is 1. The van der Waals surface area contributed by atoms with E-state index < -0.39 is 42.2 Å². The van der Waals surface area contributed by atoms with Gasteiger partial charge in [0, 0.05) is 10.8 Å². The zero-order chi connectivity index (χ0) is 27.1. The number of alkyl halides is 5. The summed E-state index contributed by atoms with van der Waals surface area (Å²) in [6, 6.07) is 6.38. The molecule has 3 N–H and O–H groups in total. The minimum absolute atomic E-state index is 0.0440. The molecule has 0 radical (unpaired) electrons. The van der Waals surface area contributed by atoms with Gasteiger partial charge < -0.3 is 14.8 Å². The van der Waals surface area contributed by atoms with Gasteiger partial charge in [0.25, 0.3) is 6.43 Å². The number of halogens is 5. The maximum absolute atomic E-state index is 14.2. The maximum Gasteiger partial charge on any atom is 0.407 e. The van der Waals surface area contributed by atoms with Crippen LogP contribution in [0.4, 0.5) is 22.0 Å². The van der Waals surface area contributed by atoms with Crippen molar-refractivity contribution in [3.63, 3.8) is 0 Å². The third-order valence-corrected chi connectivity index (χ3v) is 6.48. The first-order chi connectivity index (χ1) is 17.3. The first kappa shape index (κ1) is 26.8. The summed E-state index contributed by atoms with van der Waals surface area (Å²) >= 11 is 0. The van der Waals surface area contributed by atoms with Crippen LogP contribution in [0.25, 0.3) is 21.9 Å². The van der Waals surface area contributed by atoms with Crippen LogP contribution in [0.1, 0.15) is 56.4 Å². The highest BCUT2D eigenvalue weighted by atomic mass is 19.4. The molecule has 6 nitrogen and oxygen atoms in total. The number of carbonyl (C=O) groups is 1. The average Bonchev–Trinajstić information content (AvgIpc) is 3.50. The van der Waals surface area contributed by atoms with Crippen molar-refractivity contribution in [1.29, 1.82) is 5.26 Å². The van der Waals surface area contributed by atoms with Crippen molar-refractivity contribution in [1.82, 2.24) is 10.6 Å². The summed E-state index contributed by atoms with van der Waals surface area (Å²) in [6.07, 6.45) is -8.76. The summed E-state index contributed by atoms with van der Waals surface area (Å²) in [4.78, 5) is 12.9. The van der Waals surface area contributed by atoms with Crippen molar-refractivity contribution in [3.05, 3.63) is 47.5 Å². The number of benzene rings is 2. The molecule has 198 valence electrons. The number of carbonyl (C=O) groups excluding carboxylic acids is 1. The molecule has 1 amide bonds. The molecule has 0 saturated heterocycles. The fourth-order valence-electron chi connectivity index (χ4n) is 4.34. The number of aliphatic hydroxyl groups excluding tert-OH is 1. The van der Waals surface area contributed by atoms with Crippen LogP contribution in [0.5, 0.6) is 0 Å². The van der Waals surface area contributed by atoms with Crippen LogP contribution >= 0.6 is 0 Å². The Morgan fingerprint density at radius 1 is 1.11 bits per heavy atom. The molecular weight excluding hydrogens is 497 g/mol. The lowest BCUT2D eigenvalue weighted by atomic mass is 9.98. The summed E-state index contributed by atoms with van der Waals surface area (Å²) in [5.74, 6) is -0.776. The predicted molar refractivity (Wildman–Crippen MR) is 126 cm³/mol. The van der Waals surface area contributed by atoms with Crippen LogP contribution in [0, 0.1) is 17.2 Å². The lowest BCUT2D eigenvalue weighted by Gasteiger charge is -2.29. The molecule has 1 aliphatic carbocycles. The van der Waals surface area contributed by atoms with E-state index in [0.717, 1.165) is 0 Å². The second-order valence-electron chi connectivity index (χ2n) is 9.90. The van der Waals surface area contributed by atoms with Crippen molar-refractivity contribution in [2.45, 2.75) is 69.4 Å². The molecule has 0 spiro atoms. The van der Waals surface area contributed by atoms with Gasteiger partial charge in [0.05, 0.1) is 12.1 Å². The molecule has 3 atom stereocenters. The van der Waals surface area contributed by atoms with Crippen LogP contribution in [-0.4, -0.2) is 35.2 Å². The number of nitriles is 1. The first-order valence-electron chi connectivity index (χ1n) is 11.8. The number of rotatable bonds is 9. The number of fused-ring (bicyclic) bond motifs is 3. The summed E-state index contributed by atoms with van der Waals surface area (Å²) < 4.78 is 74.2. The maximum atomic E-state index is 14.2. The van der Waals surface area contributed by atoms with Gasteiger partial charge in [0.2, 0.25) is 5.91 Å². The summed E-state index contributed by atoms with van der Waals surface area (Å²) in [6.45, 7) is 3.56. The normalized spacial score (nSPS) is 17.6. The molecule has 4 rings (SSSR count). The number of nitrogens with one attached hydrogen (secondary N) is 2. The molecule has 0 bridgehead atoms. The smallest absolute Gasteiger partial charge is 0.407 e. The largest absolute Gasteiger partial charge is 0.456 e. The Kier molecular flexibility index (Phi) is 7.18. The third kappa shape index (κ3) is 5.70. The topological polar surface area (TPSA) is 98.3 Å². The molecule has 3 aromatic rings. The summed E-state index contributed by atoms with van der Waals surface area (Å²) in [7, 11) is 0. The van der Waals surface area contributed by atoms with Gasteiger partial charge in [-0.15, -0.1) is 0 Å². The third-order valence-electron chi connectivity index (χ3n) is 6.48. The number of furan rings is 1. The van der Waals surface area contributed by atoms with E-state index >= 15 is 0 Å². The number of hydrogen-bond acceptors (Lipinski definition) is 5. The van der Waals surface area contributed by atoms with E-state index in [9.17, 15) is 37.1 Å². The average molecular weight is 524 g/mol. The molecule has 1 aliphatic rings. The Morgan fingerprint density at radius 3 is 2.35 bits per heavy atom. The first-order valence-corrected chi connectivity index (χ1v) is 11.8. The molecule has 37 heavy (non-hydrogen) atoms. The molecule has 1 heterocycles. The second-order valence-corrected chi connectivity index (χ2v) is 9.90. The van der Waals surface area contributed by atoms with E-state index in [-0.39, 0.29) is 34.6 Å². The minimum atomic E-state index is -4.77. The fraction of sp³-hybridized carbons (Fsp3) is 0.462. The van der Waals surface area contributed by atoms with E-state index in [1.807, 2.05) is 6.07 Å². The van der Waals surface area contributed by atoms with Crippen molar-refractivity contribution >= 4 is 27.8 Å². The summed E-state index contributed by atoms with van der Waals surface area (Å²) in [5, 5.41) is 24.7. The van der Waals surface area contributed by atoms with Gasteiger partial charge >= 0.3 is 6.18 Å². The summed E-state index contributed by atoms with van der Waals surface area (Å²) in [5.41, 5.74) is -0.908. The quantitative estimate of drug-likeness (QED) is 0.314. The lowest BCUT2D eigenvalue weighted by molar-refractivity contribution is -0.161. The number of aliphatic hydroxyl groups is 1. The van der Waals surface area contributed by atoms with Crippen molar-refractivity contribution in [3.8, 4) is 6.07 Å². The Labute approximate surface area is 209 Å². The highest BCUT2D eigenvalue weighted by Crippen LogP contribution is 2.38. The van der Waals surface area contributed by atoms with Crippen LogP contribution in [0.3, 0.4) is 0 Å². The highest BCUT2D eigenvalue weighted by molar-refractivity contribution is 6.05. The van der Waals surface area contributed by atoms with E-state index in [4.69, 9.17) is 4.42 Å². The van der Waals surface area contributed by atoms with Crippen molar-refractivity contribution in [2.75, 3.05) is 0 Å². The minimum Gasteiger partial charge on any atom is -0.456 e. The van der Waals surface area contributed by atoms with Gasteiger partial charge in [0.1, 0.15) is 28.9 Å². The Morgan fingerprint density at radius 2 is 1.78 bits per heavy atom. The van der Waals surface area contributed by atoms with Crippen LogP contribution < -0.4 is 10.6 Å². The van der Waals surface area contributed by atoms with Gasteiger partial charge in [-0.2, -0.15) is 18.4 Å². The molecule has 1 saturated carbocycles. The van der Waals surface area contributed by atoms with Gasteiger partial charge in [-0.3, -0.25) is 10.1 Å². The van der Waals surface area contributed by atoms with Crippen molar-refractivity contribution in [2.24, 2.45) is 5.92 Å². The van der Waals surface area contributed by atoms with Crippen LogP contribution in [0.2, 0.25) is 0 Å². The molecule has 1 aromatic heterocycles. The molecule has 1 fully saturated rings. The van der Waals surface area contributed by atoms with Gasteiger partial charge in [-0.05, 0) is 54.5 Å². The predicted octanol–water partition coefficient (Wildman–Crippen LogP) is 5.66. The van der Waals surface area contributed by atoms with Gasteiger partial charge in [0.15, 0.2) is 0 Å². The van der Waals surface area contributed by atoms with E-state index in [1.165, 1.54) is 36.4 Å². The SMILES string of the molecule is CC(C)C[C@H](N[C@@H](c1ccc2c(c1)oc1ccc(C(O)C(F)F)cc12)C(F)(F)F)C(=O)NC1(C#N)CC1. The van der Waals surface area contributed by atoms with E-state index in [1.54, 1.807) is 13.8 Å².